The monoisotopic (exact) mass is 418 g/mol. The van der Waals surface area contributed by atoms with Crippen molar-refractivity contribution >= 4 is 29.4 Å². The normalized spacial score (nSPS) is 23.0. The number of hydrogen-bond acceptors (Lipinski definition) is 4. The van der Waals surface area contributed by atoms with E-state index in [0.717, 1.165) is 18.4 Å². The topological polar surface area (TPSA) is 75.7 Å². The molecule has 156 valence electrons. The smallest absolute Gasteiger partial charge is 0.306 e. The third-order valence-corrected chi connectivity index (χ3v) is 5.64. The van der Waals surface area contributed by atoms with Gasteiger partial charge < -0.3 is 15.0 Å². The molecule has 2 aliphatic rings. The minimum atomic E-state index is -0.410. The minimum Gasteiger partial charge on any atom is -0.463 e. The zero-order valence-corrected chi connectivity index (χ0v) is 17.2. The summed E-state index contributed by atoms with van der Waals surface area (Å²) in [4.78, 5) is 39.2. The second-order valence-electron chi connectivity index (χ2n) is 7.56. The number of amides is 2. The maximum absolute atomic E-state index is 13.1. The summed E-state index contributed by atoms with van der Waals surface area (Å²) in [5, 5.41) is 3.54. The number of rotatable bonds is 4. The van der Waals surface area contributed by atoms with Crippen LogP contribution >= 0.6 is 11.6 Å². The third-order valence-electron chi connectivity index (χ3n) is 5.38. The molecule has 1 N–H and O–H groups in total. The Bertz CT molecular complexity index is 763. The lowest BCUT2D eigenvalue weighted by atomic mass is 9.97. The molecule has 2 heterocycles. The highest BCUT2D eigenvalue weighted by atomic mass is 35.5. The Morgan fingerprint density at radius 2 is 2.00 bits per heavy atom. The van der Waals surface area contributed by atoms with Crippen molar-refractivity contribution in [1.82, 2.24) is 10.2 Å². The van der Waals surface area contributed by atoms with Gasteiger partial charge in [0.25, 0.3) is 0 Å². The van der Waals surface area contributed by atoms with E-state index in [9.17, 15) is 14.4 Å². The van der Waals surface area contributed by atoms with E-state index < -0.39 is 5.92 Å². The number of esters is 1. The highest BCUT2D eigenvalue weighted by Gasteiger charge is 2.34. The van der Waals surface area contributed by atoms with Gasteiger partial charge in [0.1, 0.15) is 6.61 Å². The lowest BCUT2D eigenvalue weighted by Gasteiger charge is -2.28. The van der Waals surface area contributed by atoms with Gasteiger partial charge in [0.2, 0.25) is 11.8 Å². The van der Waals surface area contributed by atoms with E-state index in [0.29, 0.717) is 37.4 Å². The quantitative estimate of drug-likeness (QED) is 0.601. The molecule has 1 aromatic rings. The largest absolute Gasteiger partial charge is 0.463 e. The average molecular weight is 419 g/mol. The molecule has 0 bridgehead atoms. The van der Waals surface area contributed by atoms with Crippen molar-refractivity contribution < 1.29 is 19.1 Å². The number of halogens is 1. The van der Waals surface area contributed by atoms with Gasteiger partial charge in [-0.3, -0.25) is 14.4 Å². The van der Waals surface area contributed by atoms with E-state index >= 15 is 0 Å². The van der Waals surface area contributed by atoms with Crippen LogP contribution < -0.4 is 5.32 Å². The molecule has 1 saturated heterocycles. The molecule has 7 heteroatoms. The number of carbonyl (C=O) groups excluding carboxylic acids is 3. The van der Waals surface area contributed by atoms with Crippen molar-refractivity contribution in [3.05, 3.63) is 47.0 Å². The molecule has 0 radical (unpaired) electrons. The zero-order chi connectivity index (χ0) is 20.6. The number of ether oxygens (including phenoxy) is 1. The zero-order valence-electron chi connectivity index (χ0n) is 16.4. The number of fused-ring (bicyclic) bond motifs is 1. The predicted molar refractivity (Wildman–Crippen MR) is 110 cm³/mol. The summed E-state index contributed by atoms with van der Waals surface area (Å²) in [7, 11) is 0. The molecule has 0 saturated carbocycles. The van der Waals surface area contributed by atoms with E-state index in [1.165, 1.54) is 0 Å². The molecule has 2 amide bonds. The Kier molecular flexibility index (Phi) is 7.69. The SMILES string of the molecule is O=C(C[C@@H]1CC=CCCC(=O)OC[C@H]2CCCN2C1=O)NCc1ccc(Cl)cc1. The number of benzene rings is 1. The summed E-state index contributed by atoms with van der Waals surface area (Å²) in [5.41, 5.74) is 0.953. The van der Waals surface area contributed by atoms with E-state index in [1.54, 1.807) is 17.0 Å². The molecule has 1 fully saturated rings. The highest BCUT2D eigenvalue weighted by molar-refractivity contribution is 6.30. The lowest BCUT2D eigenvalue weighted by molar-refractivity contribution is -0.148. The van der Waals surface area contributed by atoms with Crippen LogP contribution in [0.3, 0.4) is 0 Å². The van der Waals surface area contributed by atoms with Crippen molar-refractivity contribution in [2.45, 2.75) is 51.1 Å². The van der Waals surface area contributed by atoms with Gasteiger partial charge in [-0.05, 0) is 43.4 Å². The molecule has 29 heavy (non-hydrogen) atoms. The first-order valence-corrected chi connectivity index (χ1v) is 10.5. The van der Waals surface area contributed by atoms with Crippen LogP contribution in [0, 0.1) is 5.92 Å². The van der Waals surface area contributed by atoms with Crippen LogP contribution in [0.2, 0.25) is 5.02 Å². The first-order valence-electron chi connectivity index (χ1n) is 10.1. The number of carbonyl (C=O) groups is 3. The van der Waals surface area contributed by atoms with Gasteiger partial charge in [-0.25, -0.2) is 0 Å². The van der Waals surface area contributed by atoms with Crippen LogP contribution in [-0.2, 0) is 25.7 Å². The van der Waals surface area contributed by atoms with Crippen molar-refractivity contribution in [3.8, 4) is 0 Å². The van der Waals surface area contributed by atoms with Crippen LogP contribution in [0.5, 0.6) is 0 Å². The van der Waals surface area contributed by atoms with E-state index in [1.807, 2.05) is 24.3 Å². The van der Waals surface area contributed by atoms with Crippen molar-refractivity contribution in [3.63, 3.8) is 0 Å². The summed E-state index contributed by atoms with van der Waals surface area (Å²) >= 11 is 5.88. The standard InChI is InChI=1S/C22H27ClN2O4/c23-18-10-8-16(9-11-18)14-24-20(26)13-17-5-2-1-3-7-21(27)29-15-19-6-4-12-25(19)22(17)28/h1-2,8-11,17,19H,3-7,12-15H2,(H,24,26)/t17-,19+/m0/s1. The summed E-state index contributed by atoms with van der Waals surface area (Å²) in [6, 6.07) is 7.20. The third kappa shape index (κ3) is 6.32. The molecular weight excluding hydrogens is 392 g/mol. The number of cyclic esters (lactones) is 1. The summed E-state index contributed by atoms with van der Waals surface area (Å²) < 4.78 is 5.33. The van der Waals surface area contributed by atoms with Crippen molar-refractivity contribution in [2.24, 2.45) is 5.92 Å². The molecule has 0 spiro atoms. The van der Waals surface area contributed by atoms with Gasteiger partial charge in [-0.15, -0.1) is 0 Å². The summed E-state index contributed by atoms with van der Waals surface area (Å²) in [6.07, 6.45) is 7.04. The van der Waals surface area contributed by atoms with Crippen molar-refractivity contribution in [1.29, 1.82) is 0 Å². The second-order valence-corrected chi connectivity index (χ2v) is 8.00. The van der Waals surface area contributed by atoms with Gasteiger partial charge in [0, 0.05) is 31.0 Å². The van der Waals surface area contributed by atoms with E-state index in [2.05, 4.69) is 5.32 Å². The molecule has 2 atom stereocenters. The average Bonchev–Trinajstić information content (AvgIpc) is 3.18. The van der Waals surface area contributed by atoms with Crippen LogP contribution in [0.1, 0.15) is 44.1 Å². The number of nitrogens with zero attached hydrogens (tertiary/aromatic N) is 1. The lowest BCUT2D eigenvalue weighted by Crippen LogP contribution is -2.43. The number of nitrogens with one attached hydrogen (secondary N) is 1. The predicted octanol–water partition coefficient (Wildman–Crippen LogP) is 3.24. The van der Waals surface area contributed by atoms with Gasteiger partial charge in [-0.1, -0.05) is 35.9 Å². The number of hydrogen-bond donors (Lipinski definition) is 1. The second kappa shape index (κ2) is 10.4. The molecule has 1 aromatic carbocycles. The first-order chi connectivity index (χ1) is 14.0. The molecule has 6 nitrogen and oxygen atoms in total. The molecule has 2 aliphatic heterocycles. The molecule has 0 aromatic heterocycles. The molecule has 0 unspecified atom stereocenters. The van der Waals surface area contributed by atoms with Gasteiger partial charge in [-0.2, -0.15) is 0 Å². The maximum Gasteiger partial charge on any atom is 0.306 e. The molecule has 3 rings (SSSR count). The van der Waals surface area contributed by atoms with Crippen molar-refractivity contribution in [2.75, 3.05) is 13.2 Å². The van der Waals surface area contributed by atoms with Crippen LogP contribution in [0.15, 0.2) is 36.4 Å². The highest BCUT2D eigenvalue weighted by Crippen LogP contribution is 2.24. The fourth-order valence-electron chi connectivity index (χ4n) is 3.74. The minimum absolute atomic E-state index is 0.0320. The Labute approximate surface area is 176 Å². The van der Waals surface area contributed by atoms with E-state index in [4.69, 9.17) is 16.3 Å². The Hall–Kier alpha value is -2.34. The fraction of sp³-hybridized carbons (Fsp3) is 0.500. The molecular formula is C22H27ClN2O4. The number of allylic oxidation sites excluding steroid dienone is 2. The molecule has 0 aliphatic carbocycles. The fourth-order valence-corrected chi connectivity index (χ4v) is 3.87. The first kappa shape index (κ1) is 21.4. The Morgan fingerprint density at radius 1 is 1.21 bits per heavy atom. The van der Waals surface area contributed by atoms with Gasteiger partial charge in [0.05, 0.1) is 12.0 Å². The Balaban J connectivity index is 1.63. The van der Waals surface area contributed by atoms with Crippen LogP contribution in [0.4, 0.5) is 0 Å². The Morgan fingerprint density at radius 3 is 2.79 bits per heavy atom. The van der Waals surface area contributed by atoms with Gasteiger partial charge in [0.15, 0.2) is 0 Å². The maximum atomic E-state index is 13.1. The van der Waals surface area contributed by atoms with Crippen LogP contribution in [0.25, 0.3) is 0 Å². The summed E-state index contributed by atoms with van der Waals surface area (Å²) in [5.74, 6) is -0.823. The van der Waals surface area contributed by atoms with Gasteiger partial charge >= 0.3 is 5.97 Å². The summed E-state index contributed by atoms with van der Waals surface area (Å²) in [6.45, 7) is 1.28. The van der Waals surface area contributed by atoms with E-state index in [-0.39, 0.29) is 36.9 Å². The van der Waals surface area contributed by atoms with Crippen LogP contribution in [-0.4, -0.2) is 41.9 Å².